The smallest absolute Gasteiger partial charge is 0.218 e. The summed E-state index contributed by atoms with van der Waals surface area (Å²) in [5.74, 6) is 0.833. The van der Waals surface area contributed by atoms with Gasteiger partial charge in [-0.25, -0.2) is 8.42 Å². The highest BCUT2D eigenvalue weighted by Crippen LogP contribution is 2.32. The van der Waals surface area contributed by atoms with E-state index in [0.29, 0.717) is 6.54 Å². The first kappa shape index (κ1) is 16.0. The molecule has 0 aliphatic heterocycles. The second-order valence-electron chi connectivity index (χ2n) is 5.87. The Balaban J connectivity index is 1.77. The number of ether oxygens (including phenoxy) is 1. The van der Waals surface area contributed by atoms with Crippen LogP contribution in [0.1, 0.15) is 24.0 Å². The molecule has 2 aromatic carbocycles. The van der Waals surface area contributed by atoms with Gasteiger partial charge in [-0.2, -0.15) is 4.31 Å². The van der Waals surface area contributed by atoms with Crippen molar-refractivity contribution in [3.05, 3.63) is 65.7 Å². The zero-order chi connectivity index (χ0) is 16.3. The van der Waals surface area contributed by atoms with Gasteiger partial charge in [0.25, 0.3) is 0 Å². The molecule has 122 valence electrons. The molecule has 5 heteroatoms. The molecular formula is C18H21NO3S. The molecule has 0 radical (unpaired) electrons. The van der Waals surface area contributed by atoms with Crippen LogP contribution in [0.25, 0.3) is 0 Å². The van der Waals surface area contributed by atoms with Crippen molar-refractivity contribution in [1.29, 1.82) is 0 Å². The maximum Gasteiger partial charge on any atom is 0.218 e. The molecule has 23 heavy (non-hydrogen) atoms. The monoisotopic (exact) mass is 331 g/mol. The van der Waals surface area contributed by atoms with Crippen molar-refractivity contribution >= 4 is 10.0 Å². The fraction of sp³-hybridized carbons (Fsp3) is 0.333. The zero-order valence-electron chi connectivity index (χ0n) is 13.2. The number of hydrogen-bond donors (Lipinski definition) is 0. The molecule has 0 N–H and O–H groups in total. The van der Waals surface area contributed by atoms with Crippen LogP contribution in [0, 0.1) is 0 Å². The SMILES string of the molecule is COc1ccc(CN(C2CC2)S(=O)(=O)Cc2ccccc2)cc1. The molecule has 0 atom stereocenters. The normalized spacial score (nSPS) is 14.9. The van der Waals surface area contributed by atoms with Gasteiger partial charge in [0.2, 0.25) is 10.0 Å². The van der Waals surface area contributed by atoms with Crippen LogP contribution < -0.4 is 4.74 Å². The Kier molecular flexibility index (Phi) is 4.68. The van der Waals surface area contributed by atoms with Crippen LogP contribution in [0.4, 0.5) is 0 Å². The number of rotatable bonds is 7. The highest BCUT2D eigenvalue weighted by atomic mass is 32.2. The van der Waals surface area contributed by atoms with Gasteiger partial charge < -0.3 is 4.74 Å². The van der Waals surface area contributed by atoms with Crippen molar-refractivity contribution < 1.29 is 13.2 Å². The topological polar surface area (TPSA) is 46.6 Å². The molecule has 0 spiro atoms. The van der Waals surface area contributed by atoms with Crippen molar-refractivity contribution in [2.45, 2.75) is 31.2 Å². The lowest BCUT2D eigenvalue weighted by atomic mass is 10.2. The third-order valence-electron chi connectivity index (χ3n) is 4.00. The van der Waals surface area contributed by atoms with Gasteiger partial charge in [0, 0.05) is 12.6 Å². The van der Waals surface area contributed by atoms with Crippen LogP contribution in [0.15, 0.2) is 54.6 Å². The van der Waals surface area contributed by atoms with Gasteiger partial charge in [0.15, 0.2) is 0 Å². The lowest BCUT2D eigenvalue weighted by Crippen LogP contribution is -2.33. The summed E-state index contributed by atoms with van der Waals surface area (Å²) >= 11 is 0. The average Bonchev–Trinajstić information content (AvgIpc) is 3.38. The summed E-state index contributed by atoms with van der Waals surface area (Å²) in [4.78, 5) is 0. The highest BCUT2D eigenvalue weighted by molar-refractivity contribution is 7.88. The molecule has 1 saturated carbocycles. The number of sulfonamides is 1. The van der Waals surface area contributed by atoms with Gasteiger partial charge in [-0.1, -0.05) is 42.5 Å². The average molecular weight is 331 g/mol. The fourth-order valence-corrected chi connectivity index (χ4v) is 4.39. The van der Waals surface area contributed by atoms with E-state index in [1.165, 1.54) is 0 Å². The number of nitrogens with zero attached hydrogens (tertiary/aromatic N) is 1. The van der Waals surface area contributed by atoms with E-state index in [4.69, 9.17) is 4.74 Å². The van der Waals surface area contributed by atoms with Crippen LogP contribution in [0.5, 0.6) is 5.75 Å². The van der Waals surface area contributed by atoms with Crippen LogP contribution in [0.2, 0.25) is 0 Å². The van der Waals surface area contributed by atoms with Crippen molar-refractivity contribution in [2.24, 2.45) is 0 Å². The summed E-state index contributed by atoms with van der Waals surface area (Å²) in [6.07, 6.45) is 1.90. The second-order valence-corrected chi connectivity index (χ2v) is 7.79. The summed E-state index contributed by atoms with van der Waals surface area (Å²) in [6.45, 7) is 0.420. The number of hydrogen-bond acceptors (Lipinski definition) is 3. The molecule has 4 nitrogen and oxygen atoms in total. The third kappa shape index (κ3) is 4.12. The Morgan fingerprint density at radius 2 is 1.65 bits per heavy atom. The minimum Gasteiger partial charge on any atom is -0.497 e. The van der Waals surface area contributed by atoms with E-state index >= 15 is 0 Å². The van der Waals surface area contributed by atoms with Crippen LogP contribution in [0.3, 0.4) is 0 Å². The highest BCUT2D eigenvalue weighted by Gasteiger charge is 2.37. The van der Waals surface area contributed by atoms with Gasteiger partial charge in [-0.3, -0.25) is 0 Å². The third-order valence-corrected chi connectivity index (χ3v) is 5.84. The number of methoxy groups -OCH3 is 1. The molecule has 0 aromatic heterocycles. The molecule has 1 fully saturated rings. The molecule has 0 bridgehead atoms. The Labute approximate surface area is 137 Å². The van der Waals surface area contributed by atoms with E-state index in [1.807, 2.05) is 54.6 Å². The quantitative estimate of drug-likeness (QED) is 0.783. The first-order valence-corrected chi connectivity index (χ1v) is 9.36. The Bertz CT molecular complexity index is 738. The molecule has 1 aliphatic carbocycles. The summed E-state index contributed by atoms with van der Waals surface area (Å²) in [6, 6.07) is 17.1. The first-order chi connectivity index (χ1) is 11.1. The summed E-state index contributed by atoms with van der Waals surface area (Å²) in [5, 5.41) is 0. The standard InChI is InChI=1S/C18H21NO3S/c1-22-18-11-7-15(8-12-18)13-19(17-9-10-17)23(20,21)14-16-5-3-2-4-6-16/h2-8,11-12,17H,9-10,13-14H2,1H3. The van der Waals surface area contributed by atoms with Gasteiger partial charge >= 0.3 is 0 Å². The predicted octanol–water partition coefficient (Wildman–Crippen LogP) is 3.19. The molecule has 2 aromatic rings. The maximum atomic E-state index is 12.8. The van der Waals surface area contributed by atoms with Gasteiger partial charge in [0.05, 0.1) is 12.9 Å². The van der Waals surface area contributed by atoms with E-state index in [-0.39, 0.29) is 11.8 Å². The lowest BCUT2D eigenvalue weighted by Gasteiger charge is -2.22. The van der Waals surface area contributed by atoms with Gasteiger partial charge in [-0.05, 0) is 36.1 Å². The molecule has 0 saturated heterocycles. The van der Waals surface area contributed by atoms with E-state index in [1.54, 1.807) is 11.4 Å². The van der Waals surface area contributed by atoms with Gasteiger partial charge in [0.1, 0.15) is 5.75 Å². The van der Waals surface area contributed by atoms with Crippen molar-refractivity contribution in [3.8, 4) is 5.75 Å². The Hall–Kier alpha value is -1.85. The first-order valence-electron chi connectivity index (χ1n) is 7.75. The van der Waals surface area contributed by atoms with Crippen LogP contribution >= 0.6 is 0 Å². The zero-order valence-corrected chi connectivity index (χ0v) is 14.0. The molecule has 3 rings (SSSR count). The van der Waals surface area contributed by atoms with E-state index in [0.717, 1.165) is 29.7 Å². The predicted molar refractivity (Wildman–Crippen MR) is 90.6 cm³/mol. The van der Waals surface area contributed by atoms with Crippen molar-refractivity contribution in [1.82, 2.24) is 4.31 Å². The Morgan fingerprint density at radius 3 is 2.22 bits per heavy atom. The maximum absolute atomic E-state index is 12.8. The Morgan fingerprint density at radius 1 is 1.00 bits per heavy atom. The molecule has 1 aliphatic rings. The van der Waals surface area contributed by atoms with E-state index in [2.05, 4.69) is 0 Å². The summed E-state index contributed by atoms with van der Waals surface area (Å²) < 4.78 is 32.4. The van der Waals surface area contributed by atoms with Crippen LogP contribution in [-0.2, 0) is 22.3 Å². The number of benzene rings is 2. The molecule has 0 heterocycles. The molecule has 0 unspecified atom stereocenters. The second kappa shape index (κ2) is 6.72. The summed E-state index contributed by atoms with van der Waals surface area (Å²) in [5.41, 5.74) is 1.81. The van der Waals surface area contributed by atoms with E-state index < -0.39 is 10.0 Å². The minimum atomic E-state index is -3.32. The molecule has 0 amide bonds. The van der Waals surface area contributed by atoms with Gasteiger partial charge in [-0.15, -0.1) is 0 Å². The largest absolute Gasteiger partial charge is 0.497 e. The lowest BCUT2D eigenvalue weighted by molar-refractivity contribution is 0.396. The summed E-state index contributed by atoms with van der Waals surface area (Å²) in [7, 11) is -1.70. The van der Waals surface area contributed by atoms with Crippen molar-refractivity contribution in [2.75, 3.05) is 7.11 Å². The fourth-order valence-electron chi connectivity index (χ4n) is 2.60. The van der Waals surface area contributed by atoms with E-state index in [9.17, 15) is 8.42 Å². The molecular weight excluding hydrogens is 310 g/mol. The van der Waals surface area contributed by atoms with Crippen molar-refractivity contribution in [3.63, 3.8) is 0 Å². The minimum absolute atomic E-state index is 0.0560. The van der Waals surface area contributed by atoms with Crippen LogP contribution in [-0.4, -0.2) is 25.9 Å².